The van der Waals surface area contributed by atoms with Gasteiger partial charge in [-0.2, -0.15) is 0 Å². The molecule has 0 radical (unpaired) electrons. The number of amides is 3. The van der Waals surface area contributed by atoms with E-state index >= 15 is 0 Å². The van der Waals surface area contributed by atoms with Gasteiger partial charge in [0.1, 0.15) is 0 Å². The Labute approximate surface area is 205 Å². The van der Waals surface area contributed by atoms with Crippen molar-refractivity contribution in [2.75, 3.05) is 63.9 Å². The summed E-state index contributed by atoms with van der Waals surface area (Å²) < 4.78 is 23.1. The quantitative estimate of drug-likeness (QED) is 0.557. The highest BCUT2D eigenvalue weighted by Crippen LogP contribution is 2.29. The van der Waals surface area contributed by atoms with Crippen molar-refractivity contribution in [1.29, 1.82) is 0 Å². The summed E-state index contributed by atoms with van der Waals surface area (Å²) in [5.41, 5.74) is 1.15. The Bertz CT molecular complexity index is 1220. The number of carbonyl (C=O) groups excluding carboxylic acids is 3. The molecule has 5 rings (SSSR count). The van der Waals surface area contributed by atoms with E-state index in [0.29, 0.717) is 37.2 Å². The molecule has 3 amide bonds. The highest BCUT2D eigenvalue weighted by atomic mass is 32.2. The molecule has 3 aliphatic heterocycles. The fourth-order valence-corrected chi connectivity index (χ4v) is 7.11. The SMILES string of the molecule is O=C(CN1CCN(CCN2C(=O)c3cccc4cccc(c34)C2=O)CC1)NCC1CCS(=O)(=O)C1. The summed E-state index contributed by atoms with van der Waals surface area (Å²) >= 11 is 0. The predicted molar refractivity (Wildman–Crippen MR) is 132 cm³/mol. The summed E-state index contributed by atoms with van der Waals surface area (Å²) in [5.74, 6) is -0.185. The lowest BCUT2D eigenvalue weighted by Gasteiger charge is -2.35. The van der Waals surface area contributed by atoms with Crippen molar-refractivity contribution in [1.82, 2.24) is 20.0 Å². The van der Waals surface area contributed by atoms with Gasteiger partial charge in [0.2, 0.25) is 5.91 Å². The molecule has 186 valence electrons. The van der Waals surface area contributed by atoms with Crippen molar-refractivity contribution in [3.63, 3.8) is 0 Å². The molecular formula is C25H30N4O5S. The number of piperazine rings is 1. The summed E-state index contributed by atoms with van der Waals surface area (Å²) in [6.45, 7) is 4.54. The standard InChI is InChI=1S/C25H30N4O5S/c30-22(26-15-18-7-14-35(33,34)17-18)16-28-10-8-27(9-11-28)12-13-29-24(31)20-5-1-3-19-4-2-6-21(23(19)20)25(29)32/h1-6,18H,7-17H2,(H,26,30). The van der Waals surface area contributed by atoms with E-state index in [9.17, 15) is 22.8 Å². The smallest absolute Gasteiger partial charge is 0.261 e. The zero-order chi connectivity index (χ0) is 24.6. The van der Waals surface area contributed by atoms with Crippen LogP contribution in [-0.2, 0) is 14.6 Å². The number of hydrogen-bond acceptors (Lipinski definition) is 7. The van der Waals surface area contributed by atoms with E-state index in [2.05, 4.69) is 15.1 Å². The van der Waals surface area contributed by atoms with Gasteiger partial charge < -0.3 is 5.32 Å². The van der Waals surface area contributed by atoms with Crippen molar-refractivity contribution >= 4 is 38.3 Å². The fourth-order valence-electron chi connectivity index (χ4n) is 5.25. The van der Waals surface area contributed by atoms with Gasteiger partial charge in [0.25, 0.3) is 11.8 Å². The summed E-state index contributed by atoms with van der Waals surface area (Å²) in [6, 6.07) is 11.1. The molecule has 1 N–H and O–H groups in total. The second-order valence-corrected chi connectivity index (χ2v) is 11.9. The number of sulfone groups is 1. The summed E-state index contributed by atoms with van der Waals surface area (Å²) in [4.78, 5) is 44.0. The average Bonchev–Trinajstić information content (AvgIpc) is 3.20. The fraction of sp³-hybridized carbons (Fsp3) is 0.480. The van der Waals surface area contributed by atoms with Crippen LogP contribution in [0, 0.1) is 5.92 Å². The van der Waals surface area contributed by atoms with E-state index in [0.717, 1.165) is 37.0 Å². The third-order valence-corrected chi connectivity index (χ3v) is 9.08. The second kappa shape index (κ2) is 9.67. The van der Waals surface area contributed by atoms with E-state index in [1.54, 1.807) is 12.1 Å². The molecule has 3 aliphatic rings. The van der Waals surface area contributed by atoms with Gasteiger partial charge in [-0.3, -0.25) is 29.1 Å². The molecule has 35 heavy (non-hydrogen) atoms. The number of carbonyl (C=O) groups is 3. The maximum atomic E-state index is 13.1. The van der Waals surface area contributed by atoms with E-state index in [1.807, 2.05) is 24.3 Å². The predicted octanol–water partition coefficient (Wildman–Crippen LogP) is 0.604. The van der Waals surface area contributed by atoms with Crippen LogP contribution in [0.3, 0.4) is 0 Å². The van der Waals surface area contributed by atoms with E-state index in [1.165, 1.54) is 4.90 Å². The Morgan fingerprint density at radius 1 is 0.914 bits per heavy atom. The Kier molecular flexibility index (Phi) is 6.61. The number of imide groups is 1. The van der Waals surface area contributed by atoms with Gasteiger partial charge >= 0.3 is 0 Å². The molecule has 0 bridgehead atoms. The molecule has 1 unspecified atom stereocenters. The number of benzene rings is 2. The molecular weight excluding hydrogens is 468 g/mol. The van der Waals surface area contributed by atoms with Gasteiger partial charge in [-0.05, 0) is 29.9 Å². The van der Waals surface area contributed by atoms with E-state index in [4.69, 9.17) is 0 Å². The molecule has 0 saturated carbocycles. The Morgan fingerprint density at radius 3 is 2.14 bits per heavy atom. The van der Waals surface area contributed by atoms with Crippen LogP contribution in [0.1, 0.15) is 27.1 Å². The van der Waals surface area contributed by atoms with Gasteiger partial charge in [0.05, 0.1) is 18.1 Å². The lowest BCUT2D eigenvalue weighted by Crippen LogP contribution is -2.52. The maximum absolute atomic E-state index is 13.1. The first-order valence-corrected chi connectivity index (χ1v) is 13.9. The topological polar surface area (TPSA) is 107 Å². The number of rotatable bonds is 7. The zero-order valence-electron chi connectivity index (χ0n) is 19.6. The van der Waals surface area contributed by atoms with Crippen molar-refractivity contribution in [3.05, 3.63) is 47.5 Å². The molecule has 1 atom stereocenters. The number of nitrogens with one attached hydrogen (secondary N) is 1. The molecule has 2 aromatic carbocycles. The molecule has 10 heteroatoms. The third-order valence-electron chi connectivity index (χ3n) is 7.24. The molecule has 3 heterocycles. The van der Waals surface area contributed by atoms with Gasteiger partial charge in [-0.1, -0.05) is 24.3 Å². The first kappa shape index (κ1) is 23.9. The van der Waals surface area contributed by atoms with Crippen LogP contribution in [0.5, 0.6) is 0 Å². The average molecular weight is 499 g/mol. The minimum Gasteiger partial charge on any atom is -0.355 e. The maximum Gasteiger partial charge on any atom is 0.261 e. The van der Waals surface area contributed by atoms with Crippen LogP contribution >= 0.6 is 0 Å². The van der Waals surface area contributed by atoms with Crippen molar-refractivity contribution < 1.29 is 22.8 Å². The van der Waals surface area contributed by atoms with E-state index in [-0.39, 0.29) is 41.7 Å². The minimum absolute atomic E-state index is 0.0138. The van der Waals surface area contributed by atoms with Gasteiger partial charge in [0, 0.05) is 62.3 Å². The first-order valence-electron chi connectivity index (χ1n) is 12.1. The lowest BCUT2D eigenvalue weighted by molar-refractivity contribution is -0.122. The highest BCUT2D eigenvalue weighted by Gasteiger charge is 2.33. The van der Waals surface area contributed by atoms with Crippen LogP contribution in [0.4, 0.5) is 0 Å². The zero-order valence-corrected chi connectivity index (χ0v) is 20.4. The van der Waals surface area contributed by atoms with Gasteiger partial charge in [-0.15, -0.1) is 0 Å². The molecule has 2 aromatic rings. The second-order valence-electron chi connectivity index (χ2n) is 9.66. The van der Waals surface area contributed by atoms with Crippen LogP contribution in [0.2, 0.25) is 0 Å². The molecule has 2 saturated heterocycles. The summed E-state index contributed by atoms with van der Waals surface area (Å²) in [5, 5.41) is 4.51. The Morgan fingerprint density at radius 2 is 1.54 bits per heavy atom. The van der Waals surface area contributed by atoms with Crippen LogP contribution < -0.4 is 5.32 Å². The Hall–Kier alpha value is -2.82. The highest BCUT2D eigenvalue weighted by molar-refractivity contribution is 7.91. The van der Waals surface area contributed by atoms with Crippen LogP contribution in [-0.4, -0.2) is 105 Å². The molecule has 0 aliphatic carbocycles. The summed E-state index contributed by atoms with van der Waals surface area (Å²) in [6.07, 6.45) is 0.615. The molecule has 9 nitrogen and oxygen atoms in total. The van der Waals surface area contributed by atoms with Crippen molar-refractivity contribution in [2.45, 2.75) is 6.42 Å². The van der Waals surface area contributed by atoms with Gasteiger partial charge in [0.15, 0.2) is 9.84 Å². The largest absolute Gasteiger partial charge is 0.355 e. The molecule has 0 aromatic heterocycles. The number of nitrogens with zero attached hydrogens (tertiary/aromatic N) is 3. The molecule has 2 fully saturated rings. The number of hydrogen-bond donors (Lipinski definition) is 1. The lowest BCUT2D eigenvalue weighted by atomic mass is 9.94. The van der Waals surface area contributed by atoms with Crippen LogP contribution in [0.15, 0.2) is 36.4 Å². The van der Waals surface area contributed by atoms with Crippen molar-refractivity contribution in [2.24, 2.45) is 5.92 Å². The third kappa shape index (κ3) is 5.10. The normalized spacial score (nSPS) is 22.6. The van der Waals surface area contributed by atoms with Gasteiger partial charge in [-0.25, -0.2) is 8.42 Å². The summed E-state index contributed by atoms with van der Waals surface area (Å²) in [7, 11) is -2.93. The van der Waals surface area contributed by atoms with Crippen LogP contribution in [0.25, 0.3) is 10.8 Å². The first-order chi connectivity index (χ1) is 16.8. The van der Waals surface area contributed by atoms with Crippen molar-refractivity contribution in [3.8, 4) is 0 Å². The molecule has 0 spiro atoms. The minimum atomic E-state index is -2.93. The Balaban J connectivity index is 1.08. The van der Waals surface area contributed by atoms with E-state index < -0.39 is 9.84 Å². The monoisotopic (exact) mass is 498 g/mol.